The predicted molar refractivity (Wildman–Crippen MR) is 87.9 cm³/mol. The summed E-state index contributed by atoms with van der Waals surface area (Å²) in [6.45, 7) is 0.866. The Hall–Kier alpha value is -1.79. The van der Waals surface area contributed by atoms with E-state index in [1.54, 1.807) is 32.3 Å². The van der Waals surface area contributed by atoms with Crippen molar-refractivity contribution < 1.29 is 14.3 Å². The summed E-state index contributed by atoms with van der Waals surface area (Å²) in [7, 11) is 4.87. The molecule has 1 heterocycles. The van der Waals surface area contributed by atoms with Crippen LogP contribution in [0.1, 0.15) is 23.2 Å². The summed E-state index contributed by atoms with van der Waals surface area (Å²) >= 11 is 0. The highest BCUT2D eigenvalue weighted by atomic mass is 35.5. The molecule has 1 aliphatic rings. The van der Waals surface area contributed by atoms with Crippen molar-refractivity contribution in [3.8, 4) is 5.75 Å². The van der Waals surface area contributed by atoms with Crippen LogP contribution < -0.4 is 15.4 Å². The molecule has 6 nitrogen and oxygen atoms in total. The highest BCUT2D eigenvalue weighted by Crippen LogP contribution is 2.24. The molecule has 122 valence electrons. The molecule has 0 bridgehead atoms. The van der Waals surface area contributed by atoms with Crippen molar-refractivity contribution in [2.24, 2.45) is 0 Å². The van der Waals surface area contributed by atoms with E-state index in [4.69, 9.17) is 4.74 Å². The van der Waals surface area contributed by atoms with Gasteiger partial charge in [-0.05, 0) is 37.6 Å². The van der Waals surface area contributed by atoms with Gasteiger partial charge in [0.15, 0.2) is 0 Å². The van der Waals surface area contributed by atoms with E-state index in [2.05, 4.69) is 10.6 Å². The number of methoxy groups -OCH3 is 1. The van der Waals surface area contributed by atoms with Crippen LogP contribution in [0.15, 0.2) is 18.2 Å². The first-order chi connectivity index (χ1) is 10.0. The topological polar surface area (TPSA) is 70.7 Å². The molecule has 0 spiro atoms. The second kappa shape index (κ2) is 8.00. The van der Waals surface area contributed by atoms with Gasteiger partial charge in [0.1, 0.15) is 5.75 Å². The van der Waals surface area contributed by atoms with Gasteiger partial charge in [-0.15, -0.1) is 12.4 Å². The smallest absolute Gasteiger partial charge is 0.257 e. The Kier molecular flexibility index (Phi) is 6.64. The summed E-state index contributed by atoms with van der Waals surface area (Å²) in [6, 6.07) is 4.92. The molecular formula is C15H22ClN3O3. The summed E-state index contributed by atoms with van der Waals surface area (Å²) < 4.78 is 5.20. The lowest BCUT2D eigenvalue weighted by molar-refractivity contribution is -0.117. The number of nitrogens with zero attached hydrogens (tertiary/aromatic N) is 1. The second-order valence-electron chi connectivity index (χ2n) is 5.25. The Balaban J connectivity index is 0.00000242. The van der Waals surface area contributed by atoms with E-state index in [-0.39, 0.29) is 30.3 Å². The monoisotopic (exact) mass is 327 g/mol. The Morgan fingerprint density at radius 3 is 2.64 bits per heavy atom. The van der Waals surface area contributed by atoms with Crippen molar-refractivity contribution in [3.05, 3.63) is 23.8 Å². The lowest BCUT2D eigenvalue weighted by atomic mass is 10.1. The summed E-state index contributed by atoms with van der Waals surface area (Å²) in [5.74, 6) is 0.258. The molecule has 1 unspecified atom stereocenters. The third-order valence-corrected chi connectivity index (χ3v) is 3.48. The summed E-state index contributed by atoms with van der Waals surface area (Å²) in [6.07, 6.45) is 1.84. The van der Waals surface area contributed by atoms with Gasteiger partial charge < -0.3 is 20.3 Å². The van der Waals surface area contributed by atoms with E-state index < -0.39 is 0 Å². The average Bonchev–Trinajstić information content (AvgIpc) is 3.00. The van der Waals surface area contributed by atoms with Crippen LogP contribution >= 0.6 is 12.4 Å². The van der Waals surface area contributed by atoms with Crippen LogP contribution in [-0.4, -0.2) is 50.5 Å². The van der Waals surface area contributed by atoms with Gasteiger partial charge in [0.25, 0.3) is 5.91 Å². The Labute approximate surface area is 136 Å². The minimum Gasteiger partial charge on any atom is -0.496 e. The molecule has 1 aliphatic heterocycles. The van der Waals surface area contributed by atoms with E-state index in [9.17, 15) is 9.59 Å². The van der Waals surface area contributed by atoms with Crippen molar-refractivity contribution in [2.45, 2.75) is 18.9 Å². The fourth-order valence-electron chi connectivity index (χ4n) is 2.33. The molecular weight excluding hydrogens is 306 g/mol. The zero-order valence-corrected chi connectivity index (χ0v) is 13.8. The number of carbonyl (C=O) groups is 2. The van der Waals surface area contributed by atoms with E-state index >= 15 is 0 Å². The molecule has 2 N–H and O–H groups in total. The Morgan fingerprint density at radius 1 is 1.36 bits per heavy atom. The van der Waals surface area contributed by atoms with Crippen LogP contribution in [0.2, 0.25) is 0 Å². The number of carbonyl (C=O) groups excluding carboxylic acids is 2. The van der Waals surface area contributed by atoms with E-state index in [1.807, 2.05) is 0 Å². The van der Waals surface area contributed by atoms with Crippen LogP contribution in [-0.2, 0) is 4.79 Å². The molecule has 0 aliphatic carbocycles. The first-order valence-corrected chi connectivity index (χ1v) is 6.97. The average molecular weight is 328 g/mol. The predicted octanol–water partition coefficient (Wildman–Crippen LogP) is 1.51. The fourth-order valence-corrected chi connectivity index (χ4v) is 2.33. The molecule has 0 aromatic heterocycles. The lowest BCUT2D eigenvalue weighted by Gasteiger charge is -2.16. The second-order valence-corrected chi connectivity index (χ2v) is 5.25. The molecule has 7 heteroatoms. The zero-order chi connectivity index (χ0) is 15.4. The maximum atomic E-state index is 12.1. The summed E-state index contributed by atoms with van der Waals surface area (Å²) in [4.78, 5) is 25.7. The van der Waals surface area contributed by atoms with Gasteiger partial charge in [0, 0.05) is 19.8 Å². The zero-order valence-electron chi connectivity index (χ0n) is 13.0. The van der Waals surface area contributed by atoms with Gasteiger partial charge >= 0.3 is 0 Å². The Bertz CT molecular complexity index is 543. The van der Waals surface area contributed by atoms with E-state index in [1.165, 1.54) is 12.0 Å². The fraction of sp³-hybridized carbons (Fsp3) is 0.467. The molecule has 0 radical (unpaired) electrons. The third kappa shape index (κ3) is 4.11. The number of rotatable bonds is 4. The first-order valence-electron chi connectivity index (χ1n) is 6.97. The van der Waals surface area contributed by atoms with E-state index in [0.717, 1.165) is 19.4 Å². The third-order valence-electron chi connectivity index (χ3n) is 3.48. The van der Waals surface area contributed by atoms with Crippen LogP contribution in [0.3, 0.4) is 0 Å². The number of anilines is 1. The van der Waals surface area contributed by atoms with Gasteiger partial charge in [0.2, 0.25) is 5.91 Å². The minimum atomic E-state index is -0.165. The maximum Gasteiger partial charge on any atom is 0.257 e. The first kappa shape index (κ1) is 18.3. The number of hydrogen-bond donors (Lipinski definition) is 2. The van der Waals surface area contributed by atoms with Crippen molar-refractivity contribution >= 4 is 29.9 Å². The Morgan fingerprint density at radius 2 is 2.09 bits per heavy atom. The van der Waals surface area contributed by atoms with Gasteiger partial charge in [-0.1, -0.05) is 0 Å². The quantitative estimate of drug-likeness (QED) is 0.879. The molecule has 1 aromatic carbocycles. The van der Waals surface area contributed by atoms with Crippen LogP contribution in [0.4, 0.5) is 5.69 Å². The van der Waals surface area contributed by atoms with Crippen LogP contribution in [0.25, 0.3) is 0 Å². The highest BCUT2D eigenvalue weighted by Gasteiger charge is 2.22. The molecule has 22 heavy (non-hydrogen) atoms. The number of halogens is 1. The number of hydrogen-bond acceptors (Lipinski definition) is 4. The molecule has 2 rings (SSSR count). The van der Waals surface area contributed by atoms with Gasteiger partial charge in [-0.25, -0.2) is 0 Å². The molecule has 1 aromatic rings. The van der Waals surface area contributed by atoms with Crippen molar-refractivity contribution in [1.29, 1.82) is 0 Å². The van der Waals surface area contributed by atoms with Crippen molar-refractivity contribution in [1.82, 2.24) is 10.2 Å². The number of nitrogens with one attached hydrogen (secondary N) is 2. The van der Waals surface area contributed by atoms with Gasteiger partial charge in [0.05, 0.1) is 18.7 Å². The standard InChI is InChI=1S/C15H21N3O3.ClH/c1-18(2)15(20)11-9-10(6-7-13(11)21-3)17-14(19)12-5-4-8-16-12;/h6-7,9,12,16H,4-5,8H2,1-3H3,(H,17,19);1H. The molecule has 1 atom stereocenters. The lowest BCUT2D eigenvalue weighted by Crippen LogP contribution is -2.35. The highest BCUT2D eigenvalue weighted by molar-refractivity contribution is 6.00. The van der Waals surface area contributed by atoms with Gasteiger partial charge in [-0.3, -0.25) is 9.59 Å². The van der Waals surface area contributed by atoms with Crippen LogP contribution in [0.5, 0.6) is 5.75 Å². The van der Waals surface area contributed by atoms with E-state index in [0.29, 0.717) is 17.0 Å². The maximum absolute atomic E-state index is 12.1. The SMILES string of the molecule is COc1ccc(NC(=O)C2CCCN2)cc1C(=O)N(C)C.Cl. The van der Waals surface area contributed by atoms with Gasteiger partial charge in [-0.2, -0.15) is 0 Å². The number of ether oxygens (including phenoxy) is 1. The molecule has 1 fully saturated rings. The largest absolute Gasteiger partial charge is 0.496 e. The molecule has 2 amide bonds. The molecule has 0 saturated carbocycles. The minimum absolute atomic E-state index is 0. The van der Waals surface area contributed by atoms with Crippen molar-refractivity contribution in [2.75, 3.05) is 33.1 Å². The van der Waals surface area contributed by atoms with Crippen LogP contribution in [0, 0.1) is 0 Å². The normalized spacial score (nSPS) is 16.6. The number of benzene rings is 1. The molecule has 1 saturated heterocycles. The van der Waals surface area contributed by atoms with Crippen molar-refractivity contribution in [3.63, 3.8) is 0 Å². The number of amides is 2. The summed E-state index contributed by atoms with van der Waals surface area (Å²) in [5, 5.41) is 5.98. The summed E-state index contributed by atoms with van der Waals surface area (Å²) in [5.41, 5.74) is 1.03.